The molecule has 6 rings (SSSR count). The lowest BCUT2D eigenvalue weighted by Gasteiger charge is -2.40. The summed E-state index contributed by atoms with van der Waals surface area (Å²) in [6.07, 6.45) is 0. The highest BCUT2D eigenvalue weighted by Crippen LogP contribution is 2.29. The Morgan fingerprint density at radius 1 is 0.972 bits per heavy atom. The smallest absolute Gasteiger partial charge is 0.322 e. The number of anilines is 2. The highest BCUT2D eigenvalue weighted by atomic mass is 35.5. The summed E-state index contributed by atoms with van der Waals surface area (Å²) in [4.78, 5) is 22.1. The van der Waals surface area contributed by atoms with Gasteiger partial charge in [-0.05, 0) is 37.3 Å². The summed E-state index contributed by atoms with van der Waals surface area (Å²) in [5, 5.41) is 13.6. The summed E-state index contributed by atoms with van der Waals surface area (Å²) in [7, 11) is 0. The summed E-state index contributed by atoms with van der Waals surface area (Å²) < 4.78 is 2.03. The third kappa shape index (κ3) is 3.99. The molecule has 2 amide bonds. The Labute approximate surface area is 213 Å². The van der Waals surface area contributed by atoms with Crippen LogP contribution in [0.4, 0.5) is 16.4 Å². The number of aromatic nitrogens is 4. The van der Waals surface area contributed by atoms with Crippen molar-refractivity contribution in [3.63, 3.8) is 0 Å². The van der Waals surface area contributed by atoms with E-state index < -0.39 is 0 Å². The molecule has 1 aliphatic rings. The topological polar surface area (TPSA) is 78.7 Å². The number of hydrogen-bond acceptors (Lipinski definition) is 5. The van der Waals surface area contributed by atoms with Crippen LogP contribution >= 0.6 is 11.6 Å². The average molecular weight is 498 g/mol. The fourth-order valence-electron chi connectivity index (χ4n) is 4.75. The quantitative estimate of drug-likeness (QED) is 0.364. The highest BCUT2D eigenvalue weighted by molar-refractivity contribution is 6.30. The van der Waals surface area contributed by atoms with E-state index in [0.29, 0.717) is 30.3 Å². The fourth-order valence-corrected chi connectivity index (χ4v) is 4.95. The van der Waals surface area contributed by atoms with Crippen LogP contribution in [0.5, 0.6) is 0 Å². The molecule has 0 spiro atoms. The van der Waals surface area contributed by atoms with Crippen molar-refractivity contribution in [1.82, 2.24) is 24.5 Å². The number of piperazine rings is 1. The predicted molar refractivity (Wildman–Crippen MR) is 143 cm³/mol. The van der Waals surface area contributed by atoms with Gasteiger partial charge in [-0.2, -0.15) is 0 Å². The van der Waals surface area contributed by atoms with E-state index >= 15 is 0 Å². The van der Waals surface area contributed by atoms with Gasteiger partial charge in [0, 0.05) is 47.3 Å². The van der Waals surface area contributed by atoms with Crippen molar-refractivity contribution in [3.05, 3.63) is 83.9 Å². The van der Waals surface area contributed by atoms with E-state index in [1.165, 1.54) is 0 Å². The molecule has 1 aliphatic heterocycles. The molecular weight excluding hydrogens is 474 g/mol. The number of carbonyl (C=O) groups is 1. The molecule has 3 aromatic carbocycles. The van der Waals surface area contributed by atoms with Crippen molar-refractivity contribution in [1.29, 1.82) is 0 Å². The molecule has 0 radical (unpaired) electrons. The van der Waals surface area contributed by atoms with Crippen LogP contribution in [0.1, 0.15) is 6.92 Å². The van der Waals surface area contributed by atoms with Crippen LogP contribution < -0.4 is 10.2 Å². The average Bonchev–Trinajstić information content (AvgIpc) is 3.34. The van der Waals surface area contributed by atoms with Crippen LogP contribution in [-0.4, -0.2) is 56.2 Å². The van der Waals surface area contributed by atoms with Gasteiger partial charge in [0.1, 0.15) is 0 Å². The monoisotopic (exact) mass is 497 g/mol. The van der Waals surface area contributed by atoms with Crippen molar-refractivity contribution in [3.8, 4) is 11.4 Å². The number of fused-ring (bicyclic) bond motifs is 3. The number of amides is 2. The molecule has 1 N–H and O–H groups in total. The minimum atomic E-state index is -0.143. The maximum Gasteiger partial charge on any atom is 0.322 e. The molecule has 0 aliphatic carbocycles. The zero-order chi connectivity index (χ0) is 24.6. The zero-order valence-electron chi connectivity index (χ0n) is 19.7. The molecule has 8 nitrogen and oxygen atoms in total. The van der Waals surface area contributed by atoms with Gasteiger partial charge in [-0.25, -0.2) is 14.2 Å². The molecule has 5 aromatic rings. The second-order valence-corrected chi connectivity index (χ2v) is 9.34. The molecule has 2 aromatic heterocycles. The van der Waals surface area contributed by atoms with Crippen molar-refractivity contribution in [2.75, 3.05) is 29.9 Å². The molecule has 180 valence electrons. The lowest BCUT2D eigenvalue weighted by atomic mass is 10.2. The Balaban J connectivity index is 1.34. The summed E-state index contributed by atoms with van der Waals surface area (Å²) in [5.74, 6) is 1.52. The first kappa shape index (κ1) is 22.3. The molecule has 3 heterocycles. The molecule has 9 heteroatoms. The number of nitrogens with one attached hydrogen (secondary N) is 1. The Hall–Kier alpha value is -4.17. The lowest BCUT2D eigenvalue weighted by Crippen LogP contribution is -2.55. The zero-order valence-corrected chi connectivity index (χ0v) is 20.4. The van der Waals surface area contributed by atoms with Crippen LogP contribution in [0.2, 0.25) is 5.02 Å². The van der Waals surface area contributed by atoms with Crippen LogP contribution in [0, 0.1) is 0 Å². The lowest BCUT2D eigenvalue weighted by molar-refractivity contribution is 0.184. The first-order valence-electron chi connectivity index (χ1n) is 11.9. The van der Waals surface area contributed by atoms with Gasteiger partial charge < -0.3 is 15.1 Å². The van der Waals surface area contributed by atoms with E-state index in [1.807, 2.05) is 83.0 Å². The number of rotatable bonds is 3. The summed E-state index contributed by atoms with van der Waals surface area (Å²) in [5.41, 5.74) is 3.27. The second-order valence-electron chi connectivity index (χ2n) is 8.91. The van der Waals surface area contributed by atoms with Gasteiger partial charge in [0.2, 0.25) is 5.95 Å². The molecule has 1 unspecified atom stereocenters. The first-order chi connectivity index (χ1) is 17.6. The standard InChI is InChI=1S/C27H24ClN7O/c1-18-17-33(14-15-34(18)27(36)29-21-11-7-10-20(28)16-21)26-30-23-13-6-5-12-22(23)25-32-31-24(35(25)26)19-8-3-2-4-9-19/h2-13,16,18H,14-15,17H2,1H3,(H,29,36). The van der Waals surface area contributed by atoms with E-state index in [2.05, 4.69) is 20.4 Å². The molecule has 1 atom stereocenters. The van der Waals surface area contributed by atoms with Gasteiger partial charge in [0.25, 0.3) is 0 Å². The Kier molecular flexibility index (Phi) is 5.65. The first-order valence-corrected chi connectivity index (χ1v) is 12.2. The van der Waals surface area contributed by atoms with Gasteiger partial charge in [-0.15, -0.1) is 10.2 Å². The molecule has 1 saturated heterocycles. The molecule has 0 bridgehead atoms. The maximum atomic E-state index is 13.0. The maximum absolute atomic E-state index is 13.0. The Morgan fingerprint density at radius 3 is 2.58 bits per heavy atom. The van der Waals surface area contributed by atoms with Crippen molar-refractivity contribution in [2.45, 2.75) is 13.0 Å². The molecule has 0 saturated carbocycles. The van der Waals surface area contributed by atoms with E-state index in [1.54, 1.807) is 12.1 Å². The third-order valence-corrected chi connectivity index (χ3v) is 6.74. The van der Waals surface area contributed by atoms with Crippen molar-refractivity contribution in [2.24, 2.45) is 0 Å². The molecule has 1 fully saturated rings. The van der Waals surface area contributed by atoms with Crippen LogP contribution in [-0.2, 0) is 0 Å². The highest BCUT2D eigenvalue weighted by Gasteiger charge is 2.30. The predicted octanol–water partition coefficient (Wildman–Crippen LogP) is 5.34. The van der Waals surface area contributed by atoms with Gasteiger partial charge in [0.05, 0.1) is 5.52 Å². The fraction of sp³-hybridized carbons (Fsp3) is 0.185. The number of para-hydroxylation sites is 1. The molecule has 36 heavy (non-hydrogen) atoms. The van der Waals surface area contributed by atoms with Crippen molar-refractivity contribution < 1.29 is 4.79 Å². The third-order valence-electron chi connectivity index (χ3n) is 6.51. The van der Waals surface area contributed by atoms with Crippen molar-refractivity contribution >= 4 is 45.8 Å². The minimum absolute atomic E-state index is 0.0436. The van der Waals surface area contributed by atoms with Gasteiger partial charge in [0.15, 0.2) is 11.5 Å². The number of benzene rings is 3. The summed E-state index contributed by atoms with van der Waals surface area (Å²) >= 11 is 6.08. The largest absolute Gasteiger partial charge is 0.338 e. The second kappa shape index (κ2) is 9.13. The number of halogens is 1. The number of hydrogen-bond donors (Lipinski definition) is 1. The van der Waals surface area contributed by atoms with Gasteiger partial charge in [-0.1, -0.05) is 60.1 Å². The van der Waals surface area contributed by atoms with E-state index in [-0.39, 0.29) is 12.1 Å². The number of carbonyl (C=O) groups excluding carboxylic acids is 1. The van der Waals surface area contributed by atoms with Gasteiger partial charge in [-0.3, -0.25) is 0 Å². The van der Waals surface area contributed by atoms with Gasteiger partial charge >= 0.3 is 6.03 Å². The van der Waals surface area contributed by atoms with Crippen LogP contribution in [0.3, 0.4) is 0 Å². The van der Waals surface area contributed by atoms with E-state index in [0.717, 1.165) is 33.9 Å². The summed E-state index contributed by atoms with van der Waals surface area (Å²) in [6, 6.07) is 25.0. The SMILES string of the molecule is CC1CN(c2nc3ccccc3c3nnc(-c4ccccc4)n23)CCN1C(=O)Nc1cccc(Cl)c1. The van der Waals surface area contributed by atoms with E-state index in [9.17, 15) is 4.79 Å². The normalized spacial score (nSPS) is 16.0. The van der Waals surface area contributed by atoms with Crippen LogP contribution in [0.25, 0.3) is 27.9 Å². The van der Waals surface area contributed by atoms with Crippen LogP contribution in [0.15, 0.2) is 78.9 Å². The number of urea groups is 1. The van der Waals surface area contributed by atoms with E-state index in [4.69, 9.17) is 16.6 Å². The number of nitrogens with zero attached hydrogens (tertiary/aromatic N) is 6. The minimum Gasteiger partial charge on any atom is -0.338 e. The molecular formula is C27H24ClN7O. The Morgan fingerprint density at radius 2 is 1.78 bits per heavy atom. The summed E-state index contributed by atoms with van der Waals surface area (Å²) in [6.45, 7) is 3.84. The Bertz CT molecular complexity index is 1570.